The maximum absolute atomic E-state index is 14.5. The van der Waals surface area contributed by atoms with Crippen LogP contribution in [-0.2, 0) is 0 Å². The predicted molar refractivity (Wildman–Crippen MR) is 189 cm³/mol. The minimum absolute atomic E-state index is 0.204. The molecular weight excluding hydrogens is 591 g/mol. The Morgan fingerprint density at radius 3 is 1.31 bits per heavy atom. The van der Waals surface area contributed by atoms with Gasteiger partial charge in [-0.25, -0.2) is 0 Å². The summed E-state index contributed by atoms with van der Waals surface area (Å²) in [6.07, 6.45) is 4.03. The molecule has 0 unspecified atom stereocenters. The number of fused-ring (bicyclic) bond motifs is 4. The molecule has 0 N–H and O–H groups in total. The number of hydrogen-bond acceptors (Lipinski definition) is 2. The van der Waals surface area contributed by atoms with Gasteiger partial charge in [-0.1, -0.05) is 51.7 Å². The summed E-state index contributed by atoms with van der Waals surface area (Å²) in [5, 5.41) is 5.27. The molecule has 3 aromatic carbocycles. The van der Waals surface area contributed by atoms with E-state index in [0.717, 1.165) is 112 Å². The van der Waals surface area contributed by atoms with E-state index in [2.05, 4.69) is 88.0 Å². The van der Waals surface area contributed by atoms with Crippen molar-refractivity contribution in [3.63, 3.8) is 0 Å². The second-order valence-corrected chi connectivity index (χ2v) is 22.5. The first-order chi connectivity index (χ1) is 20.2. The average Bonchev–Trinajstić information content (AvgIpc) is 3.54. The third-order valence-electron chi connectivity index (χ3n) is 9.01. The van der Waals surface area contributed by atoms with Crippen molar-refractivity contribution < 1.29 is 8.78 Å². The van der Waals surface area contributed by atoms with Gasteiger partial charge in [-0.05, 0) is 94.2 Å². The first-order valence-corrected chi connectivity index (χ1v) is 21.6. The molecule has 2 aromatic heterocycles. The van der Waals surface area contributed by atoms with E-state index in [-0.39, 0.29) is 10.3 Å². The average molecular weight is 627 g/mol. The lowest BCUT2D eigenvalue weighted by Crippen LogP contribution is -2.29. The maximum Gasteiger partial charge on any atom is 0.177 e. The van der Waals surface area contributed by atoms with Gasteiger partial charge in [0.1, 0.15) is 16.1 Å². The molecular formula is C36H36F2S2Si2. The molecule has 0 bridgehead atoms. The van der Waals surface area contributed by atoms with Crippen molar-refractivity contribution in [2.75, 3.05) is 0 Å². The second-order valence-electron chi connectivity index (χ2n) is 11.2. The molecule has 0 amide bonds. The zero-order valence-electron chi connectivity index (χ0n) is 24.8. The fourth-order valence-electron chi connectivity index (χ4n) is 5.97. The van der Waals surface area contributed by atoms with Crippen molar-refractivity contribution in [3.05, 3.63) is 83.1 Å². The van der Waals surface area contributed by atoms with Crippen molar-refractivity contribution in [1.82, 2.24) is 0 Å². The molecule has 0 saturated heterocycles. The van der Waals surface area contributed by atoms with Crippen LogP contribution in [0.2, 0.25) is 36.3 Å². The van der Waals surface area contributed by atoms with Gasteiger partial charge in [-0.2, -0.15) is 8.78 Å². The Kier molecular flexibility index (Phi) is 8.92. The van der Waals surface area contributed by atoms with Crippen LogP contribution in [0.25, 0.3) is 41.7 Å². The summed E-state index contributed by atoms with van der Waals surface area (Å²) in [7, 11) is -3.80. The van der Waals surface area contributed by atoms with Crippen LogP contribution in [0.4, 0.5) is 8.78 Å². The van der Waals surface area contributed by atoms with Crippen molar-refractivity contribution in [3.8, 4) is 22.9 Å². The zero-order chi connectivity index (χ0) is 30.1. The Morgan fingerprint density at radius 2 is 0.976 bits per heavy atom. The van der Waals surface area contributed by atoms with Crippen molar-refractivity contribution >= 4 is 80.5 Å². The van der Waals surface area contributed by atoms with Crippen LogP contribution >= 0.6 is 22.7 Å². The van der Waals surface area contributed by atoms with Gasteiger partial charge in [-0.3, -0.25) is 0 Å². The quantitative estimate of drug-likeness (QED) is 0.0696. The van der Waals surface area contributed by atoms with Gasteiger partial charge in [0.15, 0.2) is 10.3 Å². The van der Waals surface area contributed by atoms with Crippen molar-refractivity contribution in [2.24, 2.45) is 0 Å². The molecule has 42 heavy (non-hydrogen) atoms. The van der Waals surface area contributed by atoms with Crippen molar-refractivity contribution in [1.29, 1.82) is 0 Å². The Bertz CT molecular complexity index is 1730. The zero-order valence-corrected chi connectivity index (χ0v) is 28.5. The van der Waals surface area contributed by atoms with Gasteiger partial charge < -0.3 is 0 Å². The highest BCUT2D eigenvalue weighted by molar-refractivity contribution is 7.18. The predicted octanol–water partition coefficient (Wildman–Crippen LogP) is 11.8. The van der Waals surface area contributed by atoms with E-state index in [1.165, 1.54) is 0 Å². The van der Waals surface area contributed by atoms with E-state index in [4.69, 9.17) is 0 Å². The Morgan fingerprint density at radius 1 is 0.619 bits per heavy atom. The molecule has 0 atom stereocenters. The molecule has 0 fully saturated rings. The summed E-state index contributed by atoms with van der Waals surface area (Å²) >= 11 is 2.31. The van der Waals surface area contributed by atoms with Crippen LogP contribution in [-0.4, -0.2) is 16.1 Å². The summed E-state index contributed by atoms with van der Waals surface area (Å²) in [4.78, 5) is 0. The molecule has 0 spiro atoms. The number of halogens is 2. The SMILES string of the molecule is C=CC[Si](C#Cc1c2cc3cc(F)sc3cc2c(C#C[Si](CC)(CC)CC=C)c2cc3cc(F)sc3cc12)(CC)CC. The molecule has 5 aromatic rings. The summed E-state index contributed by atoms with van der Waals surface area (Å²) in [6, 6.07) is 17.6. The van der Waals surface area contributed by atoms with Gasteiger partial charge in [0, 0.05) is 31.3 Å². The molecule has 5 rings (SSSR count). The van der Waals surface area contributed by atoms with Crippen LogP contribution < -0.4 is 0 Å². The highest BCUT2D eigenvalue weighted by Crippen LogP contribution is 2.40. The molecule has 0 saturated carbocycles. The summed E-state index contributed by atoms with van der Waals surface area (Å²) < 4.78 is 30.8. The van der Waals surface area contributed by atoms with Crippen LogP contribution in [0.3, 0.4) is 0 Å². The fraction of sp³-hybridized carbons (Fsp3) is 0.278. The molecule has 0 aliphatic carbocycles. The summed E-state index contributed by atoms with van der Waals surface area (Å²) in [6.45, 7) is 17.0. The smallest absolute Gasteiger partial charge is 0.177 e. The van der Waals surface area contributed by atoms with Gasteiger partial charge in [0.25, 0.3) is 0 Å². The topological polar surface area (TPSA) is 0 Å². The van der Waals surface area contributed by atoms with Crippen LogP contribution in [0.15, 0.2) is 61.7 Å². The standard InChI is InChI=1S/C36H36F2S2Si2/c1-7-15-41(9-3,10-4)17-13-27-29-19-25-21-35(37)40-34(25)24-32(29)28(14-18-42(11-5,12-6)16-8-2)30-20-26-22-36(38)39-33(26)23-31(27)30/h7-8,19-24H,1-2,9-12,15-16H2,3-6H3. The molecule has 0 aliphatic rings. The number of thiophene rings is 2. The largest absolute Gasteiger partial charge is 0.195 e. The maximum atomic E-state index is 14.5. The van der Waals surface area contributed by atoms with Gasteiger partial charge >= 0.3 is 0 Å². The first kappa shape index (κ1) is 30.5. The summed E-state index contributed by atoms with van der Waals surface area (Å²) in [5.74, 6) is 7.35. The summed E-state index contributed by atoms with van der Waals surface area (Å²) in [5.41, 5.74) is 9.43. The number of hydrogen-bond donors (Lipinski definition) is 0. The third kappa shape index (κ3) is 5.54. The van der Waals surface area contributed by atoms with E-state index < -0.39 is 16.1 Å². The lowest BCUT2D eigenvalue weighted by atomic mass is 9.91. The first-order valence-electron chi connectivity index (χ1n) is 14.7. The number of benzene rings is 3. The minimum Gasteiger partial charge on any atom is -0.195 e. The highest BCUT2D eigenvalue weighted by Gasteiger charge is 2.27. The van der Waals surface area contributed by atoms with Gasteiger partial charge in [0.05, 0.1) is 0 Å². The lowest BCUT2D eigenvalue weighted by Gasteiger charge is -2.21. The Balaban J connectivity index is 1.97. The van der Waals surface area contributed by atoms with Crippen molar-refractivity contribution in [2.45, 2.75) is 64.0 Å². The normalized spacial score (nSPS) is 12.0. The Hall–Kier alpha value is -3.01. The second kappa shape index (κ2) is 12.3. The van der Waals surface area contributed by atoms with E-state index in [0.29, 0.717) is 0 Å². The van der Waals surface area contributed by atoms with E-state index in [1.54, 1.807) is 12.1 Å². The molecule has 214 valence electrons. The van der Waals surface area contributed by atoms with Gasteiger partial charge in [0.2, 0.25) is 0 Å². The van der Waals surface area contributed by atoms with E-state index in [1.807, 2.05) is 12.2 Å². The molecule has 0 aliphatic heterocycles. The molecule has 2 heterocycles. The fourth-order valence-corrected chi connectivity index (χ4v) is 12.5. The van der Waals surface area contributed by atoms with Crippen LogP contribution in [0.5, 0.6) is 0 Å². The minimum atomic E-state index is -1.90. The van der Waals surface area contributed by atoms with Crippen LogP contribution in [0, 0.1) is 33.2 Å². The number of rotatable bonds is 8. The molecule has 0 nitrogen and oxygen atoms in total. The highest BCUT2D eigenvalue weighted by atomic mass is 32.1. The number of allylic oxidation sites excluding steroid dienone is 2. The van der Waals surface area contributed by atoms with Gasteiger partial charge in [-0.15, -0.1) is 46.9 Å². The Labute approximate surface area is 258 Å². The van der Waals surface area contributed by atoms with Crippen LogP contribution in [0.1, 0.15) is 38.8 Å². The van der Waals surface area contributed by atoms with E-state index in [9.17, 15) is 8.78 Å². The molecule has 6 heteroatoms. The monoisotopic (exact) mass is 626 g/mol. The van der Waals surface area contributed by atoms with E-state index >= 15 is 0 Å². The third-order valence-corrected chi connectivity index (χ3v) is 19.7. The molecule has 0 radical (unpaired) electrons. The lowest BCUT2D eigenvalue weighted by molar-refractivity contribution is 0.658.